The van der Waals surface area contributed by atoms with Gasteiger partial charge in [-0.05, 0) is 0 Å². The van der Waals surface area contributed by atoms with E-state index in [-0.39, 0.29) is 101 Å². The van der Waals surface area contributed by atoms with Crippen molar-refractivity contribution in [1.29, 1.82) is 0 Å². The van der Waals surface area contributed by atoms with Crippen LogP contribution in [0.25, 0.3) is 0 Å². The van der Waals surface area contributed by atoms with Crippen LogP contribution in [0.5, 0.6) is 0 Å². The Kier molecular flexibility index (Phi) is 232. The third-order valence-electron chi connectivity index (χ3n) is 0. The van der Waals surface area contributed by atoms with Crippen LogP contribution in [-0.2, 0) is 17.1 Å². The minimum atomic E-state index is 0. The van der Waals surface area contributed by atoms with Crippen LogP contribution in [0.3, 0.4) is 0 Å². The van der Waals surface area contributed by atoms with Gasteiger partial charge in [0.05, 0.1) is 11.9 Å². The Hall–Kier alpha value is 3.33. The first-order valence-corrected chi connectivity index (χ1v) is 0.507. The molecule has 36 valence electrons. The molecule has 0 saturated heterocycles. The van der Waals surface area contributed by atoms with Crippen LogP contribution in [0.15, 0.2) is 0 Å². The summed E-state index contributed by atoms with van der Waals surface area (Å²) in [6.45, 7) is 0. The van der Waals surface area contributed by atoms with Gasteiger partial charge >= 0.3 is 60.8 Å². The van der Waals surface area contributed by atoms with E-state index in [2.05, 4.69) is 11.9 Å². The third kappa shape index (κ3) is 26.5. The molecule has 0 aliphatic rings. The van der Waals surface area contributed by atoms with Crippen molar-refractivity contribution in [3.05, 3.63) is 0 Å². The molecular weight excluding hydrogens is 199 g/mol. The molecule has 0 unspecified atom stereocenters. The molecule has 0 rings (SSSR count). The van der Waals surface area contributed by atoms with Gasteiger partial charge in [-0.3, -0.25) is 4.66 Å². The first-order valence-electron chi connectivity index (χ1n) is 0.169. The minimum Gasteiger partial charge on any atom is -1.00 e. The molecule has 0 aliphatic carbocycles. The van der Waals surface area contributed by atoms with Gasteiger partial charge in [-0.15, -0.1) is 0 Å². The van der Waals surface area contributed by atoms with E-state index in [0.29, 0.717) is 0 Å². The van der Waals surface area contributed by atoms with E-state index in [1.807, 2.05) is 0 Å². The second kappa shape index (κ2) is 40.4. The molecule has 0 heterocycles. The Morgan fingerprint density at radius 2 is 1.33 bits per heavy atom. The zero-order valence-electron chi connectivity index (χ0n) is 6.59. The fourth-order valence-corrected chi connectivity index (χ4v) is 0. The van der Waals surface area contributed by atoms with E-state index in [1.165, 1.54) is 0 Å². The normalized spacial score (nSPS) is 1.00. The van der Waals surface area contributed by atoms with Crippen molar-refractivity contribution in [3.8, 4) is 0 Å². The van der Waals surface area contributed by atoms with Crippen LogP contribution >= 0.6 is 11.9 Å². The Morgan fingerprint density at radius 1 is 1.33 bits per heavy atom. The van der Waals surface area contributed by atoms with Gasteiger partial charge in [0.2, 0.25) is 0 Å². The first-order chi connectivity index (χ1) is 1.00. The van der Waals surface area contributed by atoms with Crippen molar-refractivity contribution < 1.29 is 27.4 Å². The molecule has 0 atom stereocenters. The standard InChI is InChI=1S/Al.Ca.ClHO.Fe.Mg.7H/c;;1-2;;;;;;;;;/h;;2H;;;;;;;;;/q;+2;;;+2;;;;4*-1. The maximum absolute atomic E-state index is 6.47. The number of hydrogen-bond acceptors (Lipinski definition) is 1. The summed E-state index contributed by atoms with van der Waals surface area (Å²) in [6, 6.07) is 0. The summed E-state index contributed by atoms with van der Waals surface area (Å²) in [4.78, 5) is 0. The third-order valence-corrected chi connectivity index (χ3v) is 0. The topological polar surface area (TPSA) is 20.2 Å². The smallest absolute Gasteiger partial charge is 1.00 e. The predicted octanol–water partition coefficient (Wildman–Crippen LogP) is -1.37. The maximum atomic E-state index is 6.47. The molecule has 0 aromatic heterocycles. The molecule has 0 aromatic rings. The van der Waals surface area contributed by atoms with Crippen molar-refractivity contribution in [2.24, 2.45) is 0 Å². The molecule has 1 nitrogen and oxygen atoms in total. The fourth-order valence-electron chi connectivity index (χ4n) is 0. The Morgan fingerprint density at radius 3 is 1.33 bits per heavy atom. The Balaban J connectivity index is -0.000000000179. The first kappa shape index (κ1) is 34.5. The van der Waals surface area contributed by atoms with Gasteiger partial charge in [-0.25, -0.2) is 0 Å². The zero-order chi connectivity index (χ0) is 2.00. The van der Waals surface area contributed by atoms with E-state index in [0.717, 1.165) is 0 Å². The van der Waals surface area contributed by atoms with Crippen LogP contribution in [0.1, 0.15) is 5.71 Å². The fraction of sp³-hybridized carbons (Fsp3) is 0. The van der Waals surface area contributed by atoms with Crippen molar-refractivity contribution >= 4 is 90.0 Å². The maximum Gasteiger partial charge on any atom is 2.00 e. The van der Waals surface area contributed by atoms with Crippen LogP contribution in [0, 0.1) is 0 Å². The molecule has 6 heavy (non-hydrogen) atoms. The average Bonchev–Trinajstić information content (AvgIpc) is 1.00. The van der Waals surface area contributed by atoms with Crippen LogP contribution in [-0.4, -0.2) is 82.8 Å². The Bertz CT molecular complexity index is 25.2. The largest absolute Gasteiger partial charge is 2.00 e. The van der Waals surface area contributed by atoms with Gasteiger partial charge in [0.15, 0.2) is 17.4 Å². The van der Waals surface area contributed by atoms with E-state index >= 15 is 0 Å². The molecule has 0 fully saturated rings. The molecule has 0 radical (unpaired) electrons. The van der Waals surface area contributed by atoms with Crippen LogP contribution in [0.2, 0.25) is 0 Å². The number of halogens is 1. The molecule has 0 aliphatic heterocycles. The van der Waals surface area contributed by atoms with Gasteiger partial charge in [0.1, 0.15) is 0 Å². The van der Waals surface area contributed by atoms with E-state index in [1.54, 1.807) is 0 Å². The van der Waals surface area contributed by atoms with Crippen molar-refractivity contribution in [3.63, 3.8) is 0 Å². The predicted molar refractivity (Wildman–Crippen MR) is 34.0 cm³/mol. The number of hydrogen-bond donors (Lipinski definition) is 1. The second-order valence-electron chi connectivity index (χ2n) is 0. The summed E-state index contributed by atoms with van der Waals surface area (Å²) in [5, 5.41) is 0. The molecule has 0 amide bonds. The zero-order valence-corrected chi connectivity index (χ0v) is 8.08. The monoisotopic (exact) mass is 206 g/mol. The van der Waals surface area contributed by atoms with Crippen LogP contribution < -0.4 is 0 Å². The molecule has 0 spiro atoms. The number of rotatable bonds is 0. The SMILES string of the molecule is OCl.[AlH3].[Ca+2].[Fe].[H-].[H-].[H-].[H-].[Mg+2]. The molecule has 1 N–H and O–H groups in total. The molecule has 0 bridgehead atoms. The van der Waals surface area contributed by atoms with Crippen molar-refractivity contribution in [2.45, 2.75) is 0 Å². The van der Waals surface area contributed by atoms with Crippen molar-refractivity contribution in [2.75, 3.05) is 0 Å². The van der Waals surface area contributed by atoms with Crippen LogP contribution in [0.4, 0.5) is 0 Å². The molecule has 0 aromatic carbocycles. The van der Waals surface area contributed by atoms with Gasteiger partial charge in [0, 0.05) is 17.1 Å². The summed E-state index contributed by atoms with van der Waals surface area (Å²) in [5.74, 6) is 0. The summed E-state index contributed by atoms with van der Waals surface area (Å²) in [5.41, 5.74) is 0. The van der Waals surface area contributed by atoms with Gasteiger partial charge in [-0.2, -0.15) is 0 Å². The van der Waals surface area contributed by atoms with Gasteiger partial charge < -0.3 is 5.71 Å². The summed E-state index contributed by atoms with van der Waals surface area (Å²) in [6.07, 6.45) is 0. The van der Waals surface area contributed by atoms with Gasteiger partial charge in [0.25, 0.3) is 0 Å². The van der Waals surface area contributed by atoms with E-state index in [9.17, 15) is 0 Å². The van der Waals surface area contributed by atoms with Gasteiger partial charge in [-0.1, -0.05) is 0 Å². The molecule has 0 saturated carbocycles. The second-order valence-corrected chi connectivity index (χ2v) is 0. The Labute approximate surface area is 115 Å². The van der Waals surface area contributed by atoms with E-state index in [4.69, 9.17) is 4.66 Å². The van der Waals surface area contributed by atoms with Crippen molar-refractivity contribution in [1.82, 2.24) is 0 Å². The average molecular weight is 207 g/mol. The molecular formula is H8AlCaClFeMgO. The summed E-state index contributed by atoms with van der Waals surface area (Å²) < 4.78 is 6.47. The molecule has 6 heteroatoms. The minimum absolute atomic E-state index is 0. The van der Waals surface area contributed by atoms with E-state index < -0.39 is 0 Å². The summed E-state index contributed by atoms with van der Waals surface area (Å²) in [7, 11) is 0. The quantitative estimate of drug-likeness (QED) is 0.486. The summed E-state index contributed by atoms with van der Waals surface area (Å²) >= 11 is 3.64.